The number of nitrogens with zero attached hydrogens (tertiary/aromatic N) is 1. The summed E-state index contributed by atoms with van der Waals surface area (Å²) in [4.78, 5) is 10.5. The molecule has 0 saturated carbocycles. The molecule has 0 heterocycles. The van der Waals surface area contributed by atoms with Gasteiger partial charge in [0.1, 0.15) is 0 Å². The van der Waals surface area contributed by atoms with Crippen LogP contribution in [0.1, 0.15) is 38.3 Å². The molecule has 5 heteroatoms. The molecule has 106 valence electrons. The van der Waals surface area contributed by atoms with Gasteiger partial charge in [0.05, 0.1) is 4.92 Å². The highest BCUT2D eigenvalue weighted by Crippen LogP contribution is 2.23. The lowest BCUT2D eigenvalue weighted by Crippen LogP contribution is -2.32. The summed E-state index contributed by atoms with van der Waals surface area (Å²) in [5.41, 5.74) is 1.17. The second-order valence-corrected chi connectivity index (χ2v) is 5.63. The molecule has 0 spiro atoms. The minimum Gasteiger partial charge on any atom is -0.307 e. The molecule has 1 N–H and O–H groups in total. The third-order valence-corrected chi connectivity index (χ3v) is 3.80. The highest BCUT2D eigenvalue weighted by molar-refractivity contribution is 7.98. The van der Waals surface area contributed by atoms with E-state index in [-0.39, 0.29) is 16.7 Å². The number of hydrogen-bond donors (Lipinski definition) is 1. The molecule has 0 aliphatic carbocycles. The van der Waals surface area contributed by atoms with E-state index < -0.39 is 0 Å². The number of nitro groups is 1. The summed E-state index contributed by atoms with van der Waals surface area (Å²) < 4.78 is 0. The molecule has 1 aromatic rings. The molecular formula is C14H22N2O2S. The Morgan fingerprint density at radius 2 is 2.21 bits per heavy atom. The van der Waals surface area contributed by atoms with E-state index in [1.54, 1.807) is 23.9 Å². The molecule has 1 aromatic carbocycles. The Balaban J connectivity index is 2.85. The fourth-order valence-corrected chi connectivity index (χ4v) is 2.73. The molecular weight excluding hydrogens is 260 g/mol. The van der Waals surface area contributed by atoms with Crippen molar-refractivity contribution in [1.29, 1.82) is 0 Å². The SMILES string of the molecule is CCCC(NC(C)CSC)c1cccc([N+](=O)[O-])c1. The zero-order chi connectivity index (χ0) is 14.3. The molecule has 0 aromatic heterocycles. The van der Waals surface area contributed by atoms with E-state index in [4.69, 9.17) is 0 Å². The van der Waals surface area contributed by atoms with Crippen molar-refractivity contribution in [1.82, 2.24) is 5.32 Å². The van der Waals surface area contributed by atoms with Crippen molar-refractivity contribution in [3.8, 4) is 0 Å². The highest BCUT2D eigenvalue weighted by Gasteiger charge is 2.16. The number of nitro benzene ring substituents is 1. The van der Waals surface area contributed by atoms with E-state index in [1.165, 1.54) is 6.07 Å². The average molecular weight is 282 g/mol. The average Bonchev–Trinajstić information content (AvgIpc) is 2.38. The summed E-state index contributed by atoms with van der Waals surface area (Å²) in [5, 5.41) is 14.4. The van der Waals surface area contributed by atoms with Crippen molar-refractivity contribution in [2.75, 3.05) is 12.0 Å². The molecule has 19 heavy (non-hydrogen) atoms. The third-order valence-electron chi connectivity index (χ3n) is 2.96. The molecule has 0 amide bonds. The molecule has 0 saturated heterocycles. The largest absolute Gasteiger partial charge is 0.307 e. The summed E-state index contributed by atoms with van der Waals surface area (Å²) in [7, 11) is 0. The molecule has 0 aliphatic rings. The first-order chi connectivity index (χ1) is 9.08. The number of benzene rings is 1. The molecule has 0 aliphatic heterocycles. The maximum Gasteiger partial charge on any atom is 0.269 e. The Hall–Kier alpha value is -1.07. The third kappa shape index (κ3) is 5.20. The van der Waals surface area contributed by atoms with Crippen LogP contribution >= 0.6 is 11.8 Å². The highest BCUT2D eigenvalue weighted by atomic mass is 32.2. The van der Waals surface area contributed by atoms with Gasteiger partial charge in [0, 0.05) is 30.0 Å². The van der Waals surface area contributed by atoms with Crippen LogP contribution in [0.4, 0.5) is 5.69 Å². The van der Waals surface area contributed by atoms with Crippen LogP contribution < -0.4 is 5.32 Å². The van der Waals surface area contributed by atoms with Crippen LogP contribution in [0.5, 0.6) is 0 Å². The van der Waals surface area contributed by atoms with Crippen LogP contribution in [0.2, 0.25) is 0 Å². The molecule has 0 bridgehead atoms. The van der Waals surface area contributed by atoms with Gasteiger partial charge < -0.3 is 5.32 Å². The number of nitrogens with one attached hydrogen (secondary N) is 1. The number of non-ortho nitro benzene ring substituents is 1. The van der Waals surface area contributed by atoms with Crippen LogP contribution in [0.15, 0.2) is 24.3 Å². The van der Waals surface area contributed by atoms with E-state index in [0.29, 0.717) is 6.04 Å². The fourth-order valence-electron chi connectivity index (χ4n) is 2.13. The summed E-state index contributed by atoms with van der Waals surface area (Å²) in [6.45, 7) is 4.28. The van der Waals surface area contributed by atoms with Crippen LogP contribution in [-0.4, -0.2) is 23.0 Å². The smallest absolute Gasteiger partial charge is 0.269 e. The molecule has 2 unspecified atom stereocenters. The van der Waals surface area contributed by atoms with Gasteiger partial charge in [-0.1, -0.05) is 25.5 Å². The zero-order valence-corrected chi connectivity index (χ0v) is 12.6. The fraction of sp³-hybridized carbons (Fsp3) is 0.571. The van der Waals surface area contributed by atoms with Crippen molar-refractivity contribution < 1.29 is 4.92 Å². The molecule has 0 radical (unpaired) electrons. The van der Waals surface area contributed by atoms with Gasteiger partial charge in [-0.3, -0.25) is 10.1 Å². The lowest BCUT2D eigenvalue weighted by atomic mass is 10.0. The Kier molecular flexibility index (Phi) is 6.87. The normalized spacial score (nSPS) is 14.1. The minimum absolute atomic E-state index is 0.165. The molecule has 0 fully saturated rings. The maximum absolute atomic E-state index is 10.8. The van der Waals surface area contributed by atoms with Crippen LogP contribution in [0.3, 0.4) is 0 Å². The number of hydrogen-bond acceptors (Lipinski definition) is 4. The monoisotopic (exact) mass is 282 g/mol. The van der Waals surface area contributed by atoms with E-state index in [2.05, 4.69) is 25.4 Å². The Morgan fingerprint density at radius 1 is 1.47 bits per heavy atom. The Bertz CT molecular complexity index is 412. The maximum atomic E-state index is 10.8. The first-order valence-corrected chi connectivity index (χ1v) is 7.97. The molecule has 4 nitrogen and oxygen atoms in total. The summed E-state index contributed by atoms with van der Waals surface area (Å²) in [6.07, 6.45) is 4.12. The van der Waals surface area contributed by atoms with Crippen molar-refractivity contribution >= 4 is 17.4 Å². The second-order valence-electron chi connectivity index (χ2n) is 4.72. The van der Waals surface area contributed by atoms with Crippen molar-refractivity contribution in [3.05, 3.63) is 39.9 Å². The van der Waals surface area contributed by atoms with Crippen LogP contribution in [0.25, 0.3) is 0 Å². The van der Waals surface area contributed by atoms with Gasteiger partial charge in [0.25, 0.3) is 5.69 Å². The van der Waals surface area contributed by atoms with Gasteiger partial charge in [0.15, 0.2) is 0 Å². The van der Waals surface area contributed by atoms with Crippen LogP contribution in [0, 0.1) is 10.1 Å². The lowest BCUT2D eigenvalue weighted by molar-refractivity contribution is -0.384. The number of thioether (sulfide) groups is 1. The van der Waals surface area contributed by atoms with E-state index in [0.717, 1.165) is 24.2 Å². The van der Waals surface area contributed by atoms with E-state index >= 15 is 0 Å². The summed E-state index contributed by atoms with van der Waals surface area (Å²) >= 11 is 1.80. The van der Waals surface area contributed by atoms with E-state index in [1.807, 2.05) is 6.07 Å². The van der Waals surface area contributed by atoms with Gasteiger partial charge in [-0.2, -0.15) is 11.8 Å². The van der Waals surface area contributed by atoms with Gasteiger partial charge in [-0.15, -0.1) is 0 Å². The lowest BCUT2D eigenvalue weighted by Gasteiger charge is -2.23. The quantitative estimate of drug-likeness (QED) is 0.582. The standard InChI is InChI=1S/C14H22N2O2S/c1-4-6-14(15-11(2)10-19-3)12-7-5-8-13(9-12)16(17)18/h5,7-9,11,14-15H,4,6,10H2,1-3H3. The first kappa shape index (κ1) is 16.0. The first-order valence-electron chi connectivity index (χ1n) is 6.57. The van der Waals surface area contributed by atoms with Crippen molar-refractivity contribution in [2.45, 2.75) is 38.8 Å². The van der Waals surface area contributed by atoms with Gasteiger partial charge in [-0.25, -0.2) is 0 Å². The summed E-state index contributed by atoms with van der Waals surface area (Å²) in [6, 6.07) is 7.53. The minimum atomic E-state index is -0.335. The number of rotatable bonds is 8. The molecule has 2 atom stereocenters. The van der Waals surface area contributed by atoms with E-state index in [9.17, 15) is 10.1 Å². The van der Waals surface area contributed by atoms with Crippen molar-refractivity contribution in [2.24, 2.45) is 0 Å². The van der Waals surface area contributed by atoms with Gasteiger partial charge in [-0.05, 0) is 25.2 Å². The Labute approximate surface area is 119 Å². The van der Waals surface area contributed by atoms with Gasteiger partial charge in [0.2, 0.25) is 0 Å². The molecule has 1 rings (SSSR count). The second kappa shape index (κ2) is 8.17. The van der Waals surface area contributed by atoms with Crippen molar-refractivity contribution in [3.63, 3.8) is 0 Å². The predicted molar refractivity (Wildman–Crippen MR) is 81.7 cm³/mol. The Morgan fingerprint density at radius 3 is 2.79 bits per heavy atom. The predicted octanol–water partition coefficient (Wildman–Crippen LogP) is 3.78. The van der Waals surface area contributed by atoms with Crippen LogP contribution in [-0.2, 0) is 0 Å². The zero-order valence-electron chi connectivity index (χ0n) is 11.8. The van der Waals surface area contributed by atoms with Gasteiger partial charge >= 0.3 is 0 Å². The summed E-state index contributed by atoms with van der Waals surface area (Å²) in [5.74, 6) is 1.04. The topological polar surface area (TPSA) is 55.2 Å².